The number of hydrogen-bond acceptors (Lipinski definition) is 4. The molecule has 0 saturated carbocycles. The van der Waals surface area contributed by atoms with E-state index in [1.807, 2.05) is 24.4 Å². The quantitative estimate of drug-likeness (QED) is 0.609. The molecule has 1 heterocycles. The van der Waals surface area contributed by atoms with Crippen LogP contribution in [0.5, 0.6) is 0 Å². The zero-order valence-electron chi connectivity index (χ0n) is 9.20. The Bertz CT molecular complexity index is 241. The average molecular weight is 209 g/mol. The van der Waals surface area contributed by atoms with Crippen LogP contribution in [0.15, 0.2) is 24.4 Å². The Morgan fingerprint density at radius 1 is 1.20 bits per heavy atom. The molecule has 1 rings (SSSR count). The van der Waals surface area contributed by atoms with Gasteiger partial charge < -0.3 is 15.4 Å². The minimum absolute atomic E-state index is 0.764. The second-order valence-electron chi connectivity index (χ2n) is 3.24. The Morgan fingerprint density at radius 3 is 2.80 bits per heavy atom. The van der Waals surface area contributed by atoms with E-state index in [-0.39, 0.29) is 0 Å². The van der Waals surface area contributed by atoms with Crippen LogP contribution < -0.4 is 10.6 Å². The second-order valence-corrected chi connectivity index (χ2v) is 3.24. The lowest BCUT2D eigenvalue weighted by molar-refractivity contribution is 0.199. The highest BCUT2D eigenvalue weighted by Gasteiger charge is 1.91. The zero-order valence-corrected chi connectivity index (χ0v) is 9.20. The van der Waals surface area contributed by atoms with Crippen LogP contribution >= 0.6 is 0 Å². The van der Waals surface area contributed by atoms with E-state index in [1.54, 1.807) is 7.11 Å². The van der Waals surface area contributed by atoms with Gasteiger partial charge in [-0.1, -0.05) is 6.07 Å². The number of pyridine rings is 1. The van der Waals surface area contributed by atoms with E-state index in [0.717, 1.165) is 38.5 Å². The Hall–Kier alpha value is -0.970. The lowest BCUT2D eigenvalue weighted by Gasteiger charge is -2.05. The van der Waals surface area contributed by atoms with Crippen molar-refractivity contribution in [2.75, 3.05) is 33.4 Å². The molecule has 0 aliphatic carbocycles. The van der Waals surface area contributed by atoms with Crippen molar-refractivity contribution in [1.82, 2.24) is 15.6 Å². The third kappa shape index (κ3) is 6.17. The van der Waals surface area contributed by atoms with Crippen molar-refractivity contribution in [3.05, 3.63) is 30.1 Å². The minimum Gasteiger partial charge on any atom is -0.383 e. The molecule has 2 N–H and O–H groups in total. The van der Waals surface area contributed by atoms with Crippen LogP contribution in [0.2, 0.25) is 0 Å². The average Bonchev–Trinajstić information content (AvgIpc) is 2.29. The van der Waals surface area contributed by atoms with Gasteiger partial charge in [-0.05, 0) is 12.1 Å². The smallest absolute Gasteiger partial charge is 0.0587 e. The molecule has 0 unspecified atom stereocenters. The summed E-state index contributed by atoms with van der Waals surface area (Å²) >= 11 is 0. The SMILES string of the molecule is COCCNCCNCc1ccccn1. The van der Waals surface area contributed by atoms with Crippen LogP contribution in [-0.2, 0) is 11.3 Å². The van der Waals surface area contributed by atoms with Gasteiger partial charge in [0, 0.05) is 39.5 Å². The number of nitrogens with one attached hydrogen (secondary N) is 2. The summed E-state index contributed by atoms with van der Waals surface area (Å²) < 4.78 is 4.92. The first-order chi connectivity index (χ1) is 7.43. The molecule has 0 fully saturated rings. The molecule has 0 spiro atoms. The highest BCUT2D eigenvalue weighted by Crippen LogP contribution is 1.90. The van der Waals surface area contributed by atoms with Crippen LogP contribution in [0.1, 0.15) is 5.69 Å². The highest BCUT2D eigenvalue weighted by atomic mass is 16.5. The summed E-state index contributed by atoms with van der Waals surface area (Å²) in [6.45, 7) is 4.39. The third-order valence-corrected chi connectivity index (χ3v) is 1.99. The summed E-state index contributed by atoms with van der Waals surface area (Å²) in [5.41, 5.74) is 1.08. The standard InChI is InChI=1S/C11H19N3O/c1-15-9-8-12-6-7-13-10-11-4-2-3-5-14-11/h2-5,12-13H,6-10H2,1H3. The molecule has 84 valence electrons. The fourth-order valence-corrected chi connectivity index (χ4v) is 1.20. The van der Waals surface area contributed by atoms with Gasteiger partial charge in [0.25, 0.3) is 0 Å². The minimum atomic E-state index is 0.764. The molecule has 0 aromatic carbocycles. The molecule has 4 nitrogen and oxygen atoms in total. The Kier molecular flexibility index (Phi) is 6.73. The van der Waals surface area contributed by atoms with Gasteiger partial charge in [0.05, 0.1) is 12.3 Å². The predicted octanol–water partition coefficient (Wildman–Crippen LogP) is 0.407. The summed E-state index contributed by atoms with van der Waals surface area (Å²) in [5, 5.41) is 6.58. The van der Waals surface area contributed by atoms with Gasteiger partial charge in [0.2, 0.25) is 0 Å². The van der Waals surface area contributed by atoms with Crippen LogP contribution in [0.4, 0.5) is 0 Å². The van der Waals surface area contributed by atoms with Gasteiger partial charge in [-0.3, -0.25) is 4.98 Å². The van der Waals surface area contributed by atoms with Gasteiger partial charge in [-0.2, -0.15) is 0 Å². The van der Waals surface area contributed by atoms with Crippen molar-refractivity contribution >= 4 is 0 Å². The molecule has 0 atom stereocenters. The van der Waals surface area contributed by atoms with Gasteiger partial charge in [-0.25, -0.2) is 0 Å². The molecule has 15 heavy (non-hydrogen) atoms. The number of rotatable bonds is 8. The Morgan fingerprint density at radius 2 is 2.07 bits per heavy atom. The zero-order chi connectivity index (χ0) is 10.8. The van der Waals surface area contributed by atoms with Crippen molar-refractivity contribution in [3.8, 4) is 0 Å². The molecule has 1 aromatic rings. The van der Waals surface area contributed by atoms with Gasteiger partial charge in [-0.15, -0.1) is 0 Å². The number of ether oxygens (including phenoxy) is 1. The third-order valence-electron chi connectivity index (χ3n) is 1.99. The topological polar surface area (TPSA) is 46.2 Å². The second kappa shape index (κ2) is 8.35. The van der Waals surface area contributed by atoms with E-state index in [0.29, 0.717) is 0 Å². The van der Waals surface area contributed by atoms with Crippen molar-refractivity contribution in [2.24, 2.45) is 0 Å². The van der Waals surface area contributed by atoms with Gasteiger partial charge in [0.1, 0.15) is 0 Å². The predicted molar refractivity (Wildman–Crippen MR) is 60.7 cm³/mol. The molecule has 0 aliphatic rings. The fourth-order valence-electron chi connectivity index (χ4n) is 1.20. The monoisotopic (exact) mass is 209 g/mol. The molecule has 1 aromatic heterocycles. The van der Waals surface area contributed by atoms with E-state index in [4.69, 9.17) is 4.74 Å². The first-order valence-corrected chi connectivity index (χ1v) is 5.24. The van der Waals surface area contributed by atoms with E-state index >= 15 is 0 Å². The molecule has 4 heteroatoms. The van der Waals surface area contributed by atoms with E-state index in [1.165, 1.54) is 0 Å². The number of nitrogens with zero attached hydrogens (tertiary/aromatic N) is 1. The lowest BCUT2D eigenvalue weighted by atomic mass is 10.3. The van der Waals surface area contributed by atoms with Crippen molar-refractivity contribution in [1.29, 1.82) is 0 Å². The number of hydrogen-bond donors (Lipinski definition) is 2. The Labute approximate surface area is 91.1 Å². The molecular weight excluding hydrogens is 190 g/mol. The molecule has 0 amide bonds. The molecule has 0 bridgehead atoms. The van der Waals surface area contributed by atoms with Crippen molar-refractivity contribution in [3.63, 3.8) is 0 Å². The number of aromatic nitrogens is 1. The summed E-state index contributed by atoms with van der Waals surface area (Å²) in [6.07, 6.45) is 1.81. The first kappa shape index (κ1) is 12.1. The highest BCUT2D eigenvalue weighted by molar-refractivity contribution is 5.02. The van der Waals surface area contributed by atoms with Crippen LogP contribution in [0.3, 0.4) is 0 Å². The van der Waals surface area contributed by atoms with Gasteiger partial charge in [0.15, 0.2) is 0 Å². The normalized spacial score (nSPS) is 10.5. The maximum absolute atomic E-state index is 4.92. The van der Waals surface area contributed by atoms with E-state index in [2.05, 4.69) is 15.6 Å². The maximum Gasteiger partial charge on any atom is 0.0587 e. The van der Waals surface area contributed by atoms with Crippen molar-refractivity contribution in [2.45, 2.75) is 6.54 Å². The maximum atomic E-state index is 4.92. The van der Waals surface area contributed by atoms with E-state index < -0.39 is 0 Å². The van der Waals surface area contributed by atoms with Crippen molar-refractivity contribution < 1.29 is 4.74 Å². The fraction of sp³-hybridized carbons (Fsp3) is 0.545. The van der Waals surface area contributed by atoms with Crippen LogP contribution in [-0.4, -0.2) is 38.3 Å². The number of methoxy groups -OCH3 is 1. The largest absolute Gasteiger partial charge is 0.383 e. The summed E-state index contributed by atoms with van der Waals surface area (Å²) in [6, 6.07) is 5.95. The molecule has 0 radical (unpaired) electrons. The van der Waals surface area contributed by atoms with Gasteiger partial charge >= 0.3 is 0 Å². The summed E-state index contributed by atoms with van der Waals surface area (Å²) in [7, 11) is 1.71. The van der Waals surface area contributed by atoms with E-state index in [9.17, 15) is 0 Å². The Balaban J connectivity index is 1.93. The summed E-state index contributed by atoms with van der Waals surface area (Å²) in [4.78, 5) is 4.22. The lowest BCUT2D eigenvalue weighted by Crippen LogP contribution is -2.29. The molecular formula is C11H19N3O. The summed E-state index contributed by atoms with van der Waals surface area (Å²) in [5.74, 6) is 0. The first-order valence-electron chi connectivity index (χ1n) is 5.24. The van der Waals surface area contributed by atoms with Crippen LogP contribution in [0.25, 0.3) is 0 Å². The molecule has 0 saturated heterocycles. The van der Waals surface area contributed by atoms with Crippen LogP contribution in [0, 0.1) is 0 Å². The molecule has 0 aliphatic heterocycles.